The first-order valence-corrected chi connectivity index (χ1v) is 11.1. The first-order valence-electron chi connectivity index (χ1n) is 9.70. The van der Waals surface area contributed by atoms with Gasteiger partial charge >= 0.3 is 0 Å². The molecule has 0 fully saturated rings. The predicted molar refractivity (Wildman–Crippen MR) is 117 cm³/mol. The van der Waals surface area contributed by atoms with E-state index in [1.54, 1.807) is 24.4 Å². The van der Waals surface area contributed by atoms with E-state index in [1.807, 2.05) is 37.3 Å². The number of amidine groups is 1. The first kappa shape index (κ1) is 20.0. The average Bonchev–Trinajstić information content (AvgIpc) is 2.74. The number of hydrogen-bond donors (Lipinski definition) is 1. The lowest BCUT2D eigenvalue weighted by atomic mass is 9.95. The number of ketones is 1. The number of aromatic nitrogens is 1. The molecule has 0 unspecified atom stereocenters. The van der Waals surface area contributed by atoms with Crippen LogP contribution in [0.1, 0.15) is 24.1 Å². The highest BCUT2D eigenvalue weighted by molar-refractivity contribution is 7.90. The summed E-state index contributed by atoms with van der Waals surface area (Å²) in [6.45, 7) is 1.97. The number of aryl methyl sites for hydroxylation is 2. The number of nitrogens with one attached hydrogen (secondary N) is 1. The van der Waals surface area contributed by atoms with Gasteiger partial charge in [0.05, 0.1) is 5.69 Å². The summed E-state index contributed by atoms with van der Waals surface area (Å²) >= 11 is 0. The van der Waals surface area contributed by atoms with Crippen LogP contribution in [0.25, 0.3) is 11.1 Å². The lowest BCUT2D eigenvalue weighted by Crippen LogP contribution is -2.28. The van der Waals surface area contributed by atoms with Crippen LogP contribution in [-0.2, 0) is 21.2 Å². The Morgan fingerprint density at radius 1 is 0.967 bits per heavy atom. The third-order valence-electron chi connectivity index (χ3n) is 5.06. The van der Waals surface area contributed by atoms with Gasteiger partial charge in [-0.05, 0) is 49.1 Å². The molecular weight excluding hydrogens is 398 g/mol. The number of anilines is 1. The van der Waals surface area contributed by atoms with Gasteiger partial charge in [0.25, 0.3) is 10.0 Å². The maximum atomic E-state index is 12.6. The number of fused-ring (bicyclic) bond motifs is 1. The zero-order chi connectivity index (χ0) is 21.1. The van der Waals surface area contributed by atoms with Crippen LogP contribution in [0.15, 0.2) is 76.2 Å². The Morgan fingerprint density at radius 3 is 2.53 bits per heavy atom. The fourth-order valence-electron chi connectivity index (χ4n) is 3.56. The maximum Gasteiger partial charge on any atom is 0.286 e. The summed E-state index contributed by atoms with van der Waals surface area (Å²) in [5.41, 5.74) is 4.62. The van der Waals surface area contributed by atoms with Crippen molar-refractivity contribution in [3.05, 3.63) is 78.1 Å². The van der Waals surface area contributed by atoms with Crippen LogP contribution in [0.2, 0.25) is 0 Å². The van der Waals surface area contributed by atoms with Crippen LogP contribution in [0.5, 0.6) is 0 Å². The molecule has 3 aromatic rings. The Bertz CT molecular complexity index is 1250. The molecule has 0 radical (unpaired) electrons. The zero-order valence-corrected chi connectivity index (χ0v) is 17.3. The number of benzene rings is 2. The molecule has 1 aliphatic rings. The van der Waals surface area contributed by atoms with Crippen molar-refractivity contribution in [3.8, 4) is 11.1 Å². The summed E-state index contributed by atoms with van der Waals surface area (Å²) in [5.74, 6) is -0.437. The zero-order valence-electron chi connectivity index (χ0n) is 16.5. The second kappa shape index (κ2) is 8.20. The summed E-state index contributed by atoms with van der Waals surface area (Å²) in [7, 11) is -3.86. The highest BCUT2D eigenvalue weighted by atomic mass is 32.2. The van der Waals surface area contributed by atoms with Gasteiger partial charge in [0.2, 0.25) is 0 Å². The number of para-hydroxylation sites is 1. The predicted octanol–water partition coefficient (Wildman–Crippen LogP) is 4.16. The first-order chi connectivity index (χ1) is 14.5. The largest absolute Gasteiger partial charge is 0.335 e. The Kier molecular flexibility index (Phi) is 5.46. The molecule has 6 nitrogen and oxygen atoms in total. The minimum Gasteiger partial charge on any atom is -0.335 e. The average molecular weight is 420 g/mol. The SMILES string of the molecule is Cc1ncccc1-c1ccccc1CCCC(=O)C1=NS(=O)(=O)c2ccccc2N1. The number of Topliss-reactive ketones (excluding diaryl/α,β-unsaturated/α-hetero) is 1. The molecule has 2 aromatic carbocycles. The van der Waals surface area contributed by atoms with Crippen molar-refractivity contribution in [3.63, 3.8) is 0 Å². The van der Waals surface area contributed by atoms with Crippen molar-refractivity contribution in [2.75, 3.05) is 5.32 Å². The van der Waals surface area contributed by atoms with E-state index in [0.717, 1.165) is 22.4 Å². The van der Waals surface area contributed by atoms with Crippen LogP contribution >= 0.6 is 0 Å². The van der Waals surface area contributed by atoms with Crippen molar-refractivity contribution in [2.24, 2.45) is 4.40 Å². The van der Waals surface area contributed by atoms with Gasteiger partial charge in [0.1, 0.15) is 4.90 Å². The summed E-state index contributed by atoms with van der Waals surface area (Å²) < 4.78 is 28.3. The Labute approximate surface area is 175 Å². The molecule has 2 heterocycles. The van der Waals surface area contributed by atoms with Crippen molar-refractivity contribution in [1.82, 2.24) is 4.98 Å². The number of pyridine rings is 1. The summed E-state index contributed by atoms with van der Waals surface area (Å²) in [4.78, 5) is 17.1. The van der Waals surface area contributed by atoms with E-state index in [4.69, 9.17) is 0 Å². The molecule has 4 rings (SSSR count). The van der Waals surface area contributed by atoms with E-state index in [2.05, 4.69) is 20.8 Å². The van der Waals surface area contributed by atoms with Gasteiger partial charge in [-0.3, -0.25) is 9.78 Å². The summed E-state index contributed by atoms with van der Waals surface area (Å²) in [5, 5.41) is 2.86. The van der Waals surface area contributed by atoms with Gasteiger partial charge < -0.3 is 5.32 Å². The molecule has 30 heavy (non-hydrogen) atoms. The topological polar surface area (TPSA) is 88.5 Å². The number of rotatable bonds is 6. The van der Waals surface area contributed by atoms with E-state index in [-0.39, 0.29) is 22.9 Å². The number of carbonyl (C=O) groups is 1. The van der Waals surface area contributed by atoms with Crippen molar-refractivity contribution in [1.29, 1.82) is 0 Å². The molecular formula is C23H21N3O3S. The number of sulfonamides is 1. The maximum absolute atomic E-state index is 12.6. The third kappa shape index (κ3) is 4.02. The Balaban J connectivity index is 1.47. The monoisotopic (exact) mass is 419 g/mol. The Morgan fingerprint density at radius 2 is 1.70 bits per heavy atom. The van der Waals surface area contributed by atoms with Crippen LogP contribution in [-0.4, -0.2) is 25.0 Å². The second-order valence-electron chi connectivity index (χ2n) is 7.11. The summed E-state index contributed by atoms with van der Waals surface area (Å²) in [6.07, 6.45) is 3.23. The Hall–Kier alpha value is -3.32. The quantitative estimate of drug-likeness (QED) is 0.648. The normalized spacial score (nSPS) is 14.4. The molecule has 0 aliphatic carbocycles. The highest BCUT2D eigenvalue weighted by Crippen LogP contribution is 2.28. The number of carbonyl (C=O) groups excluding carboxylic acids is 1. The van der Waals surface area contributed by atoms with Crippen LogP contribution in [0.3, 0.4) is 0 Å². The fourth-order valence-corrected chi connectivity index (χ4v) is 4.70. The van der Waals surface area contributed by atoms with E-state index in [0.29, 0.717) is 18.5 Å². The van der Waals surface area contributed by atoms with Crippen molar-refractivity contribution < 1.29 is 13.2 Å². The molecule has 152 valence electrons. The fraction of sp³-hybridized carbons (Fsp3) is 0.174. The van der Waals surface area contributed by atoms with Crippen molar-refractivity contribution in [2.45, 2.75) is 31.1 Å². The van der Waals surface area contributed by atoms with Gasteiger partial charge in [-0.15, -0.1) is 4.40 Å². The van der Waals surface area contributed by atoms with Gasteiger partial charge in [-0.25, -0.2) is 0 Å². The molecule has 0 atom stereocenters. The number of nitrogens with zero attached hydrogens (tertiary/aromatic N) is 2. The standard InChI is InChI=1S/C23H21N3O3S/c1-16-18(11-7-15-24-16)19-10-3-2-8-17(19)9-6-13-21(27)23-25-20-12-4-5-14-22(20)30(28,29)26-23/h2-5,7-8,10-12,14-15H,6,9,13H2,1H3,(H,25,26). The molecule has 0 spiro atoms. The third-order valence-corrected chi connectivity index (χ3v) is 6.39. The van der Waals surface area contributed by atoms with Gasteiger partial charge in [-0.1, -0.05) is 42.5 Å². The van der Waals surface area contributed by atoms with E-state index in [1.165, 1.54) is 6.07 Å². The van der Waals surface area contributed by atoms with Crippen LogP contribution in [0.4, 0.5) is 5.69 Å². The van der Waals surface area contributed by atoms with E-state index < -0.39 is 10.0 Å². The lowest BCUT2D eigenvalue weighted by Gasteiger charge is -2.17. The molecule has 7 heteroatoms. The van der Waals surface area contributed by atoms with Gasteiger partial charge in [0, 0.05) is 23.9 Å². The second-order valence-corrected chi connectivity index (χ2v) is 8.68. The number of hydrogen-bond acceptors (Lipinski definition) is 5. The van der Waals surface area contributed by atoms with Crippen molar-refractivity contribution >= 4 is 27.3 Å². The molecule has 1 N–H and O–H groups in total. The molecule has 1 aliphatic heterocycles. The lowest BCUT2D eigenvalue weighted by molar-refractivity contribution is -0.113. The van der Waals surface area contributed by atoms with E-state index >= 15 is 0 Å². The van der Waals surface area contributed by atoms with Gasteiger partial charge in [-0.2, -0.15) is 8.42 Å². The minimum absolute atomic E-state index is 0.0855. The molecule has 0 amide bonds. The molecule has 1 aromatic heterocycles. The van der Waals surface area contributed by atoms with Crippen LogP contribution in [0, 0.1) is 6.92 Å². The molecule has 0 saturated heterocycles. The highest BCUT2D eigenvalue weighted by Gasteiger charge is 2.27. The molecule has 0 saturated carbocycles. The van der Waals surface area contributed by atoms with E-state index in [9.17, 15) is 13.2 Å². The smallest absolute Gasteiger partial charge is 0.286 e. The van der Waals surface area contributed by atoms with Gasteiger partial charge in [0.15, 0.2) is 11.6 Å². The van der Waals surface area contributed by atoms with Crippen LogP contribution < -0.4 is 5.32 Å². The minimum atomic E-state index is -3.86. The molecule has 0 bridgehead atoms. The summed E-state index contributed by atoms with van der Waals surface area (Å²) in [6, 6.07) is 18.4.